The highest BCUT2D eigenvalue weighted by atomic mass is 16.5. The van der Waals surface area contributed by atoms with Gasteiger partial charge in [-0.15, -0.1) is 9.78 Å². The second kappa shape index (κ2) is 9.99. The maximum absolute atomic E-state index is 12.7. The number of amidine groups is 1. The number of ether oxygens (including phenoxy) is 2. The van der Waals surface area contributed by atoms with Crippen LogP contribution in [-0.4, -0.2) is 44.3 Å². The number of hydrogen-bond donors (Lipinski definition) is 3. The zero-order valence-electron chi connectivity index (χ0n) is 18.9. The van der Waals surface area contributed by atoms with Crippen LogP contribution in [0.2, 0.25) is 0 Å². The first-order valence-electron chi connectivity index (χ1n) is 10.7. The lowest BCUT2D eigenvalue weighted by molar-refractivity contribution is 0.310. The largest absolute Gasteiger partial charge is 0.493 e. The van der Waals surface area contributed by atoms with Crippen molar-refractivity contribution in [3.05, 3.63) is 93.9 Å². The number of H-pyrrole nitrogens is 1. The topological polar surface area (TPSA) is 145 Å². The number of nitrogens with one attached hydrogen (secondary N) is 2. The van der Waals surface area contributed by atoms with Gasteiger partial charge in [-0.2, -0.15) is 0 Å². The molecule has 0 radical (unpaired) electrons. The normalized spacial score (nSPS) is 11.7. The Kier molecular flexibility index (Phi) is 6.67. The fourth-order valence-corrected chi connectivity index (χ4v) is 3.64. The lowest BCUT2D eigenvalue weighted by Gasteiger charge is -2.18. The molecule has 0 fully saturated rings. The van der Waals surface area contributed by atoms with Crippen molar-refractivity contribution in [2.24, 2.45) is 5.73 Å². The molecule has 0 amide bonds. The molecule has 4 aromatic rings. The van der Waals surface area contributed by atoms with Crippen LogP contribution in [0.5, 0.6) is 11.5 Å². The van der Waals surface area contributed by atoms with Crippen LogP contribution in [0.15, 0.2) is 65.7 Å². The summed E-state index contributed by atoms with van der Waals surface area (Å²) in [7, 11) is 1.59. The molecule has 0 spiro atoms. The molecule has 0 aliphatic carbocycles. The van der Waals surface area contributed by atoms with Crippen LogP contribution in [0, 0.1) is 5.41 Å². The summed E-state index contributed by atoms with van der Waals surface area (Å²) in [6.07, 6.45) is 3.63. The Balaban J connectivity index is 1.78. The molecule has 10 nitrogen and oxygen atoms in total. The Morgan fingerprint density at radius 2 is 1.88 bits per heavy atom. The molecule has 174 valence electrons. The number of methoxy groups -OCH3 is 1. The van der Waals surface area contributed by atoms with E-state index in [1.807, 2.05) is 37.3 Å². The molecule has 0 saturated carbocycles. The Bertz CT molecular complexity index is 1330. The van der Waals surface area contributed by atoms with Crippen molar-refractivity contribution in [2.75, 3.05) is 13.7 Å². The average Bonchev–Trinajstić information content (AvgIpc) is 3.24. The van der Waals surface area contributed by atoms with Crippen LogP contribution in [0.25, 0.3) is 5.95 Å². The molecule has 0 aliphatic heterocycles. The third kappa shape index (κ3) is 4.80. The lowest BCUT2D eigenvalue weighted by atomic mass is 9.90. The minimum atomic E-state index is -0.434. The highest BCUT2D eigenvalue weighted by Crippen LogP contribution is 2.34. The van der Waals surface area contributed by atoms with Gasteiger partial charge in [-0.3, -0.25) is 10.4 Å². The number of benzene rings is 2. The van der Waals surface area contributed by atoms with E-state index in [1.165, 1.54) is 0 Å². The van der Waals surface area contributed by atoms with Crippen LogP contribution < -0.4 is 20.9 Å². The molecule has 0 saturated heterocycles. The summed E-state index contributed by atoms with van der Waals surface area (Å²) in [4.78, 5) is 23.8. The van der Waals surface area contributed by atoms with Crippen molar-refractivity contribution in [1.29, 1.82) is 5.41 Å². The van der Waals surface area contributed by atoms with E-state index < -0.39 is 5.69 Å². The van der Waals surface area contributed by atoms with E-state index in [-0.39, 0.29) is 17.7 Å². The summed E-state index contributed by atoms with van der Waals surface area (Å²) in [6, 6.07) is 14.7. The maximum atomic E-state index is 12.7. The molecule has 10 heteroatoms. The van der Waals surface area contributed by atoms with Crippen molar-refractivity contribution >= 4 is 5.84 Å². The Labute approximate surface area is 195 Å². The zero-order chi connectivity index (χ0) is 24.1. The van der Waals surface area contributed by atoms with Gasteiger partial charge in [0.25, 0.3) is 5.95 Å². The second-order valence-electron chi connectivity index (χ2n) is 7.49. The van der Waals surface area contributed by atoms with Crippen molar-refractivity contribution < 1.29 is 9.47 Å². The summed E-state index contributed by atoms with van der Waals surface area (Å²) < 4.78 is 12.3. The van der Waals surface area contributed by atoms with Crippen molar-refractivity contribution in [2.45, 2.75) is 19.3 Å². The first-order valence-corrected chi connectivity index (χ1v) is 10.7. The highest BCUT2D eigenvalue weighted by molar-refractivity contribution is 5.94. The quantitative estimate of drug-likeness (QED) is 0.257. The van der Waals surface area contributed by atoms with Crippen LogP contribution in [0.3, 0.4) is 0 Å². The smallest absolute Gasteiger partial charge is 0.350 e. The predicted octanol–water partition coefficient (Wildman–Crippen LogP) is 2.42. The summed E-state index contributed by atoms with van der Waals surface area (Å²) in [5, 5.41) is 12.1. The van der Waals surface area contributed by atoms with Crippen molar-refractivity contribution in [1.82, 2.24) is 24.7 Å². The van der Waals surface area contributed by atoms with Crippen LogP contribution in [0.4, 0.5) is 0 Å². The van der Waals surface area contributed by atoms with Gasteiger partial charge in [0.15, 0.2) is 11.5 Å². The fraction of sp³-hybridized carbons (Fsp3) is 0.208. The third-order valence-electron chi connectivity index (χ3n) is 5.30. The van der Waals surface area contributed by atoms with Gasteiger partial charge < -0.3 is 15.2 Å². The first kappa shape index (κ1) is 22.7. The van der Waals surface area contributed by atoms with Crippen molar-refractivity contribution in [3.63, 3.8) is 0 Å². The Hall–Kier alpha value is -4.47. The van der Waals surface area contributed by atoms with E-state index in [0.717, 1.165) is 15.8 Å². The molecule has 2 aromatic carbocycles. The first-order chi connectivity index (χ1) is 16.5. The lowest BCUT2D eigenvalue weighted by Crippen LogP contribution is -2.18. The van der Waals surface area contributed by atoms with Gasteiger partial charge in [-0.1, -0.05) is 30.3 Å². The van der Waals surface area contributed by atoms with E-state index in [0.29, 0.717) is 35.9 Å². The minimum absolute atomic E-state index is 0.00513. The van der Waals surface area contributed by atoms with Gasteiger partial charge in [-0.05, 0) is 42.7 Å². The summed E-state index contributed by atoms with van der Waals surface area (Å²) >= 11 is 0. The predicted molar refractivity (Wildman–Crippen MR) is 127 cm³/mol. The molecule has 1 unspecified atom stereocenters. The number of aromatic nitrogens is 5. The molecule has 2 heterocycles. The van der Waals surface area contributed by atoms with Crippen LogP contribution >= 0.6 is 0 Å². The van der Waals surface area contributed by atoms with Gasteiger partial charge in [0.2, 0.25) is 0 Å². The van der Waals surface area contributed by atoms with E-state index in [9.17, 15) is 4.79 Å². The SMILES string of the molecule is CCOc1cc(C(Cc2ccc(C(=N)N)cc2)c2nn(-c3ncccn3)c(=O)[nH]2)ccc1OC. The molecule has 0 aliphatic rings. The number of nitrogens with zero attached hydrogens (tertiary/aromatic N) is 4. The van der Waals surface area contributed by atoms with E-state index in [4.69, 9.17) is 20.6 Å². The highest BCUT2D eigenvalue weighted by Gasteiger charge is 2.23. The number of nitrogen functional groups attached to an aromatic ring is 1. The number of aromatic amines is 1. The molecular weight excluding hydrogens is 434 g/mol. The molecule has 1 atom stereocenters. The Morgan fingerprint density at radius 3 is 2.53 bits per heavy atom. The molecule has 34 heavy (non-hydrogen) atoms. The van der Waals surface area contributed by atoms with Crippen molar-refractivity contribution in [3.8, 4) is 17.4 Å². The molecule has 4 rings (SSSR count). The van der Waals surface area contributed by atoms with Gasteiger partial charge in [0.1, 0.15) is 11.7 Å². The molecule has 0 bridgehead atoms. The maximum Gasteiger partial charge on any atom is 0.350 e. The van der Waals surface area contributed by atoms with Gasteiger partial charge in [0, 0.05) is 23.9 Å². The zero-order valence-corrected chi connectivity index (χ0v) is 18.9. The average molecular weight is 460 g/mol. The van der Waals surface area contributed by atoms with Gasteiger partial charge in [-0.25, -0.2) is 14.8 Å². The third-order valence-corrected chi connectivity index (χ3v) is 5.30. The standard InChI is InChI=1S/C24H25N7O3/c1-3-34-20-14-17(9-10-19(20)33-2)18(13-15-5-7-16(8-6-15)21(25)26)22-29-24(32)31(30-22)23-27-11-4-12-28-23/h4-12,14,18H,3,13H2,1-2H3,(H3,25,26)(H,29,30,32). The summed E-state index contributed by atoms with van der Waals surface area (Å²) in [5.74, 6) is 1.56. The Morgan fingerprint density at radius 1 is 1.15 bits per heavy atom. The van der Waals surface area contributed by atoms with E-state index >= 15 is 0 Å². The second-order valence-corrected chi connectivity index (χ2v) is 7.49. The molecular formula is C24H25N7O3. The van der Waals surface area contributed by atoms with E-state index in [2.05, 4.69) is 20.1 Å². The number of hydrogen-bond acceptors (Lipinski definition) is 7. The number of rotatable bonds is 9. The van der Waals surface area contributed by atoms with Gasteiger partial charge >= 0.3 is 5.69 Å². The van der Waals surface area contributed by atoms with Crippen LogP contribution in [0.1, 0.15) is 35.4 Å². The van der Waals surface area contributed by atoms with Crippen LogP contribution in [-0.2, 0) is 6.42 Å². The molecule has 2 aromatic heterocycles. The fourth-order valence-electron chi connectivity index (χ4n) is 3.64. The minimum Gasteiger partial charge on any atom is -0.493 e. The summed E-state index contributed by atoms with van der Waals surface area (Å²) in [6.45, 7) is 2.38. The number of nitrogens with two attached hydrogens (primary N) is 1. The van der Waals surface area contributed by atoms with E-state index in [1.54, 1.807) is 37.7 Å². The van der Waals surface area contributed by atoms with Gasteiger partial charge in [0.05, 0.1) is 13.7 Å². The monoisotopic (exact) mass is 459 g/mol. The summed E-state index contributed by atoms with van der Waals surface area (Å²) in [5.41, 5.74) is 7.66. The molecule has 4 N–H and O–H groups in total.